The summed E-state index contributed by atoms with van der Waals surface area (Å²) in [6.45, 7) is 0.616. The van der Waals surface area contributed by atoms with Crippen LogP contribution < -0.4 is 15.0 Å². The first-order valence-electron chi connectivity index (χ1n) is 9.83. The Bertz CT molecular complexity index is 1100. The topological polar surface area (TPSA) is 96.0 Å². The molecule has 1 fully saturated rings. The van der Waals surface area contributed by atoms with Crippen molar-refractivity contribution in [1.82, 2.24) is 4.90 Å². The van der Waals surface area contributed by atoms with Gasteiger partial charge in [0, 0.05) is 42.2 Å². The molecule has 2 aliphatic heterocycles. The molecule has 0 aromatic heterocycles. The van der Waals surface area contributed by atoms with E-state index in [0.29, 0.717) is 45.7 Å². The molecule has 4 rings (SSSR count). The zero-order valence-corrected chi connectivity index (χ0v) is 18.4. The number of carbonyl (C=O) groups excluding carboxylic acids is 4. The van der Waals surface area contributed by atoms with E-state index < -0.39 is 11.8 Å². The van der Waals surface area contributed by atoms with Gasteiger partial charge in [0.1, 0.15) is 5.75 Å². The first-order valence-corrected chi connectivity index (χ1v) is 10.6. The number of methoxy groups -OCH3 is 1. The number of rotatable bonds is 6. The summed E-state index contributed by atoms with van der Waals surface area (Å²) in [4.78, 5) is 52.2. The zero-order valence-electron chi connectivity index (χ0n) is 16.8. The minimum absolute atomic E-state index is 0.0205. The fourth-order valence-corrected chi connectivity index (χ4v) is 4.15. The number of carbonyl (C=O) groups is 4. The number of imide groups is 1. The van der Waals surface area contributed by atoms with E-state index in [0.717, 1.165) is 11.3 Å². The van der Waals surface area contributed by atoms with Gasteiger partial charge in [-0.2, -0.15) is 0 Å². The van der Waals surface area contributed by atoms with Crippen molar-refractivity contribution in [3.8, 4) is 5.75 Å². The van der Waals surface area contributed by atoms with Crippen LogP contribution in [0.3, 0.4) is 0 Å². The Labute approximate surface area is 187 Å². The summed E-state index contributed by atoms with van der Waals surface area (Å²) in [5, 5.41) is 2.75. The number of ether oxygens (including phenoxy) is 1. The first-order chi connectivity index (χ1) is 14.9. The molecule has 2 aromatic rings. The summed E-state index contributed by atoms with van der Waals surface area (Å²) >= 11 is 3.29. The molecule has 9 heteroatoms. The van der Waals surface area contributed by atoms with Crippen LogP contribution in [0.2, 0.25) is 0 Å². The Morgan fingerprint density at radius 3 is 2.58 bits per heavy atom. The van der Waals surface area contributed by atoms with Crippen molar-refractivity contribution >= 4 is 50.9 Å². The number of nitrogens with zero attached hydrogens (tertiary/aromatic N) is 2. The van der Waals surface area contributed by atoms with E-state index in [4.69, 9.17) is 4.74 Å². The predicted octanol–water partition coefficient (Wildman–Crippen LogP) is 3.21. The fourth-order valence-electron chi connectivity index (χ4n) is 3.78. The van der Waals surface area contributed by atoms with Crippen LogP contribution in [-0.4, -0.2) is 48.7 Å². The number of halogens is 1. The molecule has 0 bridgehead atoms. The summed E-state index contributed by atoms with van der Waals surface area (Å²) < 4.78 is 6.10. The van der Waals surface area contributed by atoms with E-state index in [1.165, 1.54) is 7.11 Å². The number of anilines is 2. The molecular weight excluding hydrogens is 466 g/mol. The van der Waals surface area contributed by atoms with Gasteiger partial charge in [-0.15, -0.1) is 0 Å². The second kappa shape index (κ2) is 8.50. The highest BCUT2D eigenvalue weighted by atomic mass is 79.9. The summed E-state index contributed by atoms with van der Waals surface area (Å²) in [7, 11) is 1.51. The van der Waals surface area contributed by atoms with E-state index in [9.17, 15) is 19.2 Å². The molecule has 2 aromatic carbocycles. The van der Waals surface area contributed by atoms with Gasteiger partial charge >= 0.3 is 0 Å². The fraction of sp³-hybridized carbons (Fsp3) is 0.273. The monoisotopic (exact) mass is 485 g/mol. The predicted molar refractivity (Wildman–Crippen MR) is 117 cm³/mol. The SMILES string of the molecule is COc1cc(NC(=O)CCN2C(=O)c3ccc(Br)cc3C2=O)ccc1N1CCCC1=O. The van der Waals surface area contributed by atoms with E-state index in [1.54, 1.807) is 41.3 Å². The molecule has 0 spiro atoms. The number of hydrogen-bond acceptors (Lipinski definition) is 5. The molecule has 1 saturated heterocycles. The standard InChI is InChI=1S/C22H20BrN3O5/c1-31-18-12-14(5-7-17(18)25-9-2-3-20(25)28)24-19(27)8-10-26-21(29)15-6-4-13(23)11-16(15)22(26)30/h4-7,11-12H,2-3,8-10H2,1H3,(H,24,27). The third kappa shape index (κ3) is 4.05. The summed E-state index contributed by atoms with van der Waals surface area (Å²) in [5.74, 6) is -0.621. The minimum atomic E-state index is -0.407. The molecule has 0 unspecified atom stereocenters. The lowest BCUT2D eigenvalue weighted by Gasteiger charge is -2.20. The lowest BCUT2D eigenvalue weighted by atomic mass is 10.1. The van der Waals surface area contributed by atoms with Crippen molar-refractivity contribution < 1.29 is 23.9 Å². The van der Waals surface area contributed by atoms with Crippen LogP contribution in [0.1, 0.15) is 40.0 Å². The van der Waals surface area contributed by atoms with E-state index >= 15 is 0 Å². The Morgan fingerprint density at radius 1 is 1.10 bits per heavy atom. The average molecular weight is 486 g/mol. The molecule has 2 heterocycles. The van der Waals surface area contributed by atoms with Gasteiger partial charge in [0.25, 0.3) is 11.8 Å². The summed E-state index contributed by atoms with van der Waals surface area (Å²) in [6.07, 6.45) is 1.27. The van der Waals surface area contributed by atoms with Gasteiger partial charge in [-0.25, -0.2) is 0 Å². The molecule has 160 valence electrons. The second-order valence-electron chi connectivity index (χ2n) is 7.29. The summed E-state index contributed by atoms with van der Waals surface area (Å²) in [5.41, 5.74) is 1.84. The molecule has 8 nitrogen and oxygen atoms in total. The van der Waals surface area contributed by atoms with Crippen molar-refractivity contribution in [2.24, 2.45) is 0 Å². The van der Waals surface area contributed by atoms with Crippen LogP contribution in [0.15, 0.2) is 40.9 Å². The molecule has 0 atom stereocenters. The highest BCUT2D eigenvalue weighted by Gasteiger charge is 2.35. The van der Waals surface area contributed by atoms with Gasteiger partial charge in [-0.3, -0.25) is 24.1 Å². The van der Waals surface area contributed by atoms with Crippen LogP contribution in [0.25, 0.3) is 0 Å². The molecule has 0 radical (unpaired) electrons. The Morgan fingerprint density at radius 2 is 1.87 bits per heavy atom. The average Bonchev–Trinajstić information content (AvgIpc) is 3.27. The van der Waals surface area contributed by atoms with Crippen LogP contribution in [-0.2, 0) is 9.59 Å². The van der Waals surface area contributed by atoms with Gasteiger partial charge in [0.05, 0.1) is 23.9 Å². The first kappa shape index (κ1) is 21.0. The largest absolute Gasteiger partial charge is 0.494 e. The van der Waals surface area contributed by atoms with E-state index in [2.05, 4.69) is 21.2 Å². The molecule has 0 saturated carbocycles. The van der Waals surface area contributed by atoms with Crippen LogP contribution in [0, 0.1) is 0 Å². The van der Waals surface area contributed by atoms with Crippen molar-refractivity contribution in [2.45, 2.75) is 19.3 Å². The molecular formula is C22H20BrN3O5. The Hall–Kier alpha value is -3.20. The van der Waals surface area contributed by atoms with Gasteiger partial charge < -0.3 is 15.0 Å². The van der Waals surface area contributed by atoms with Crippen LogP contribution in [0.5, 0.6) is 5.75 Å². The molecule has 1 N–H and O–H groups in total. The number of benzene rings is 2. The second-order valence-corrected chi connectivity index (χ2v) is 8.20. The van der Waals surface area contributed by atoms with Crippen molar-refractivity contribution in [2.75, 3.05) is 30.4 Å². The quantitative estimate of drug-likeness (QED) is 0.633. The van der Waals surface area contributed by atoms with Crippen LogP contribution >= 0.6 is 15.9 Å². The highest BCUT2D eigenvalue weighted by molar-refractivity contribution is 9.10. The lowest BCUT2D eigenvalue weighted by molar-refractivity contribution is -0.117. The van der Waals surface area contributed by atoms with Gasteiger partial charge in [-0.05, 0) is 36.8 Å². The maximum atomic E-state index is 12.5. The highest BCUT2D eigenvalue weighted by Crippen LogP contribution is 2.34. The van der Waals surface area contributed by atoms with Crippen molar-refractivity contribution in [3.05, 3.63) is 52.0 Å². The number of fused-ring (bicyclic) bond motifs is 1. The van der Waals surface area contributed by atoms with Gasteiger partial charge in [-0.1, -0.05) is 15.9 Å². The Balaban J connectivity index is 1.40. The lowest BCUT2D eigenvalue weighted by Crippen LogP contribution is -2.32. The van der Waals surface area contributed by atoms with E-state index in [-0.39, 0.29) is 24.8 Å². The number of hydrogen-bond donors (Lipinski definition) is 1. The molecule has 0 aliphatic carbocycles. The molecule has 31 heavy (non-hydrogen) atoms. The summed E-state index contributed by atoms with van der Waals surface area (Å²) in [6, 6.07) is 9.99. The van der Waals surface area contributed by atoms with E-state index in [1.807, 2.05) is 0 Å². The van der Waals surface area contributed by atoms with Gasteiger partial charge in [0.15, 0.2) is 0 Å². The number of amides is 4. The maximum absolute atomic E-state index is 12.5. The molecule has 2 aliphatic rings. The smallest absolute Gasteiger partial charge is 0.261 e. The zero-order chi connectivity index (χ0) is 22.1. The van der Waals surface area contributed by atoms with Crippen molar-refractivity contribution in [1.29, 1.82) is 0 Å². The van der Waals surface area contributed by atoms with Crippen LogP contribution in [0.4, 0.5) is 11.4 Å². The van der Waals surface area contributed by atoms with Crippen molar-refractivity contribution in [3.63, 3.8) is 0 Å². The third-order valence-corrected chi connectivity index (χ3v) is 5.82. The minimum Gasteiger partial charge on any atom is -0.494 e. The maximum Gasteiger partial charge on any atom is 0.261 e. The molecule has 4 amide bonds. The Kier molecular flexibility index (Phi) is 5.77. The number of nitrogens with one attached hydrogen (secondary N) is 1. The third-order valence-electron chi connectivity index (χ3n) is 5.32. The van der Waals surface area contributed by atoms with Gasteiger partial charge in [0.2, 0.25) is 11.8 Å². The normalized spacial score (nSPS) is 15.5.